The van der Waals surface area contributed by atoms with Gasteiger partial charge in [0.1, 0.15) is 0 Å². The molecule has 1 rings (SSSR count). The third-order valence-corrected chi connectivity index (χ3v) is 3.06. The highest BCUT2D eigenvalue weighted by Crippen LogP contribution is 2.20. The first-order valence-corrected chi connectivity index (χ1v) is 5.53. The molecular weight excluding hydrogens is 258 g/mol. The van der Waals surface area contributed by atoms with Gasteiger partial charge in [-0.25, -0.2) is 4.79 Å². The van der Waals surface area contributed by atoms with Crippen LogP contribution in [0.5, 0.6) is 0 Å². The van der Waals surface area contributed by atoms with E-state index in [0.29, 0.717) is 11.6 Å². The van der Waals surface area contributed by atoms with Crippen molar-refractivity contribution in [3.8, 4) is 0 Å². The van der Waals surface area contributed by atoms with Crippen LogP contribution in [-0.4, -0.2) is 24.2 Å². The summed E-state index contributed by atoms with van der Waals surface area (Å²) in [5, 5.41) is 11.9. The minimum Gasteiger partial charge on any atom is -0.478 e. The zero-order valence-electron chi connectivity index (χ0n) is 8.75. The Morgan fingerprint density at radius 2 is 2.27 bits per heavy atom. The molecule has 0 fully saturated rings. The molecule has 4 heteroatoms. The first-order chi connectivity index (χ1) is 7.04. The summed E-state index contributed by atoms with van der Waals surface area (Å²) in [5.41, 5.74) is 1.42. The van der Waals surface area contributed by atoms with Crippen LogP contribution in [0.3, 0.4) is 0 Å². The summed E-state index contributed by atoms with van der Waals surface area (Å²) in [7, 11) is 1.91. The predicted molar refractivity (Wildman–Crippen MR) is 63.3 cm³/mol. The number of benzene rings is 1. The number of hydrogen-bond acceptors (Lipinski definition) is 2. The second-order valence-electron chi connectivity index (χ2n) is 3.51. The summed E-state index contributed by atoms with van der Waals surface area (Å²) < 4.78 is 0.851. The molecule has 1 aromatic carbocycles. The molecule has 0 aromatic heterocycles. The number of aromatic carboxylic acids is 1. The molecule has 3 nitrogen and oxygen atoms in total. The van der Waals surface area contributed by atoms with Gasteiger partial charge in [-0.1, -0.05) is 22.0 Å². The second-order valence-corrected chi connectivity index (χ2v) is 4.36. The lowest BCUT2D eigenvalue weighted by molar-refractivity contribution is 0.0697. The number of rotatable bonds is 4. The molecule has 0 saturated heterocycles. The molecule has 0 aliphatic rings. The van der Waals surface area contributed by atoms with Gasteiger partial charge >= 0.3 is 5.97 Å². The van der Waals surface area contributed by atoms with E-state index in [0.717, 1.165) is 16.5 Å². The van der Waals surface area contributed by atoms with E-state index in [9.17, 15) is 4.79 Å². The van der Waals surface area contributed by atoms with Gasteiger partial charge in [0, 0.05) is 10.5 Å². The van der Waals surface area contributed by atoms with Gasteiger partial charge in [0.25, 0.3) is 0 Å². The Hall–Kier alpha value is -0.870. The average Bonchev–Trinajstić information content (AvgIpc) is 2.20. The van der Waals surface area contributed by atoms with Crippen molar-refractivity contribution in [1.82, 2.24) is 5.32 Å². The molecule has 2 N–H and O–H groups in total. The smallest absolute Gasteiger partial charge is 0.335 e. The van der Waals surface area contributed by atoms with Gasteiger partial charge in [-0.05, 0) is 38.1 Å². The molecule has 0 spiro atoms. The Bertz CT molecular complexity index is 366. The summed E-state index contributed by atoms with van der Waals surface area (Å²) in [6.07, 6.45) is 0.872. The van der Waals surface area contributed by atoms with Crippen LogP contribution in [-0.2, 0) is 6.42 Å². The van der Waals surface area contributed by atoms with Gasteiger partial charge in [-0.2, -0.15) is 0 Å². The van der Waals surface area contributed by atoms with Gasteiger partial charge in [-0.15, -0.1) is 0 Å². The van der Waals surface area contributed by atoms with Crippen molar-refractivity contribution in [2.45, 2.75) is 19.4 Å². The van der Waals surface area contributed by atoms with Crippen LogP contribution < -0.4 is 5.32 Å². The number of nitrogens with one attached hydrogen (secondary N) is 1. The molecule has 1 unspecified atom stereocenters. The lowest BCUT2D eigenvalue weighted by Gasteiger charge is -2.11. The highest BCUT2D eigenvalue weighted by Gasteiger charge is 2.08. The lowest BCUT2D eigenvalue weighted by atomic mass is 10.1. The second kappa shape index (κ2) is 5.28. The summed E-state index contributed by atoms with van der Waals surface area (Å²) in [4.78, 5) is 10.7. The fourth-order valence-electron chi connectivity index (χ4n) is 1.28. The van der Waals surface area contributed by atoms with E-state index in [1.807, 2.05) is 13.1 Å². The average molecular weight is 272 g/mol. The first kappa shape index (κ1) is 12.2. The highest BCUT2D eigenvalue weighted by atomic mass is 79.9. The largest absolute Gasteiger partial charge is 0.478 e. The zero-order chi connectivity index (χ0) is 11.4. The molecule has 0 bridgehead atoms. The minimum absolute atomic E-state index is 0.308. The molecule has 82 valence electrons. The molecule has 1 aromatic rings. The SMILES string of the molecule is CNC(C)Cc1ccc(C(=O)O)cc1Br. The van der Waals surface area contributed by atoms with E-state index in [1.165, 1.54) is 0 Å². The van der Waals surface area contributed by atoms with Crippen LogP contribution in [0.15, 0.2) is 22.7 Å². The Morgan fingerprint density at radius 3 is 2.73 bits per heavy atom. The Kier molecular flexibility index (Phi) is 4.29. The number of carbonyl (C=O) groups is 1. The molecule has 0 amide bonds. The van der Waals surface area contributed by atoms with Crippen molar-refractivity contribution in [1.29, 1.82) is 0 Å². The van der Waals surface area contributed by atoms with E-state index in [2.05, 4.69) is 28.2 Å². The van der Waals surface area contributed by atoms with E-state index >= 15 is 0 Å². The molecule has 0 radical (unpaired) electrons. The summed E-state index contributed by atoms with van der Waals surface area (Å²) in [6, 6.07) is 5.49. The van der Waals surface area contributed by atoms with Crippen LogP contribution in [0.25, 0.3) is 0 Å². The number of carboxylic acid groups (broad SMARTS) is 1. The summed E-state index contributed by atoms with van der Waals surface area (Å²) in [6.45, 7) is 2.08. The van der Waals surface area contributed by atoms with Gasteiger partial charge in [-0.3, -0.25) is 0 Å². The van der Waals surface area contributed by atoms with Gasteiger partial charge < -0.3 is 10.4 Å². The number of carboxylic acids is 1. The van der Waals surface area contributed by atoms with Crippen molar-refractivity contribution in [2.75, 3.05) is 7.05 Å². The Labute approximate surface area is 97.6 Å². The van der Waals surface area contributed by atoms with Gasteiger partial charge in [0.05, 0.1) is 5.56 Å². The molecule has 0 aliphatic heterocycles. The summed E-state index contributed by atoms with van der Waals surface area (Å²) in [5.74, 6) is -0.899. The van der Waals surface area contributed by atoms with Crippen molar-refractivity contribution in [2.24, 2.45) is 0 Å². The minimum atomic E-state index is -0.899. The van der Waals surface area contributed by atoms with Crippen molar-refractivity contribution >= 4 is 21.9 Å². The standard InChI is InChI=1S/C11H14BrNO2/c1-7(13-2)5-8-3-4-9(11(14)15)6-10(8)12/h3-4,6-7,13H,5H2,1-2H3,(H,14,15). The molecular formula is C11H14BrNO2. The topological polar surface area (TPSA) is 49.3 Å². The number of likely N-dealkylation sites (N-methyl/N-ethyl adjacent to an activating group) is 1. The van der Waals surface area contributed by atoms with Crippen LogP contribution in [0.2, 0.25) is 0 Å². The zero-order valence-corrected chi connectivity index (χ0v) is 10.3. The van der Waals surface area contributed by atoms with Crippen molar-refractivity contribution in [3.05, 3.63) is 33.8 Å². The van der Waals surface area contributed by atoms with Crippen molar-refractivity contribution in [3.63, 3.8) is 0 Å². The van der Waals surface area contributed by atoms with E-state index in [4.69, 9.17) is 5.11 Å². The maximum Gasteiger partial charge on any atom is 0.335 e. The maximum atomic E-state index is 10.7. The monoisotopic (exact) mass is 271 g/mol. The first-order valence-electron chi connectivity index (χ1n) is 4.73. The van der Waals surface area contributed by atoms with E-state index < -0.39 is 5.97 Å². The van der Waals surface area contributed by atoms with Crippen LogP contribution >= 0.6 is 15.9 Å². The fraction of sp³-hybridized carbons (Fsp3) is 0.364. The summed E-state index contributed by atoms with van der Waals surface area (Å²) >= 11 is 3.38. The third kappa shape index (κ3) is 3.32. The lowest BCUT2D eigenvalue weighted by Crippen LogP contribution is -2.23. The normalized spacial score (nSPS) is 12.5. The molecule has 1 atom stereocenters. The molecule has 0 saturated carbocycles. The van der Waals surface area contributed by atoms with E-state index in [-0.39, 0.29) is 0 Å². The number of halogens is 1. The quantitative estimate of drug-likeness (QED) is 0.884. The van der Waals surface area contributed by atoms with E-state index in [1.54, 1.807) is 12.1 Å². The Balaban J connectivity index is 2.88. The van der Waals surface area contributed by atoms with Gasteiger partial charge in [0.2, 0.25) is 0 Å². The molecule has 0 aliphatic carbocycles. The molecule has 15 heavy (non-hydrogen) atoms. The van der Waals surface area contributed by atoms with Crippen LogP contribution in [0, 0.1) is 0 Å². The highest BCUT2D eigenvalue weighted by molar-refractivity contribution is 9.10. The predicted octanol–water partition coefficient (Wildman–Crippen LogP) is 2.30. The maximum absolute atomic E-state index is 10.7. The van der Waals surface area contributed by atoms with Crippen LogP contribution in [0.4, 0.5) is 0 Å². The Morgan fingerprint density at radius 1 is 1.60 bits per heavy atom. The van der Waals surface area contributed by atoms with Gasteiger partial charge in [0.15, 0.2) is 0 Å². The third-order valence-electron chi connectivity index (χ3n) is 2.32. The fourth-order valence-corrected chi connectivity index (χ4v) is 1.82. The molecule has 0 heterocycles. The van der Waals surface area contributed by atoms with Crippen LogP contribution in [0.1, 0.15) is 22.8 Å². The number of hydrogen-bond donors (Lipinski definition) is 2. The van der Waals surface area contributed by atoms with Crippen molar-refractivity contribution < 1.29 is 9.90 Å².